The van der Waals surface area contributed by atoms with Crippen LogP contribution in [0.1, 0.15) is 21.7 Å². The maximum absolute atomic E-state index is 12.2. The first-order valence-electron chi connectivity index (χ1n) is 7.38. The van der Waals surface area contributed by atoms with Gasteiger partial charge in [0.15, 0.2) is 11.6 Å². The van der Waals surface area contributed by atoms with Crippen LogP contribution in [0, 0.1) is 10.1 Å². The predicted octanol–water partition coefficient (Wildman–Crippen LogP) is 2.97. The van der Waals surface area contributed by atoms with Gasteiger partial charge in [0.25, 0.3) is 5.56 Å². The number of rotatable bonds is 4. The molecule has 9 nitrogen and oxygen atoms in total. The quantitative estimate of drug-likeness (QED) is 0.460. The van der Waals surface area contributed by atoms with Crippen molar-refractivity contribution in [1.82, 2.24) is 9.97 Å². The van der Waals surface area contributed by atoms with E-state index < -0.39 is 27.9 Å². The molecule has 0 radical (unpaired) electrons. The van der Waals surface area contributed by atoms with Crippen molar-refractivity contribution in [3.05, 3.63) is 73.8 Å². The maximum Gasteiger partial charge on any atom is 0.335 e. The van der Waals surface area contributed by atoms with Crippen molar-refractivity contribution >= 4 is 45.3 Å². The Labute approximate surface area is 155 Å². The Morgan fingerprint density at radius 2 is 2.00 bits per heavy atom. The van der Waals surface area contributed by atoms with Crippen LogP contribution in [0.2, 0.25) is 0 Å². The summed E-state index contributed by atoms with van der Waals surface area (Å²) in [6.45, 7) is 0. The van der Waals surface area contributed by atoms with Crippen LogP contribution in [0.15, 0.2) is 41.2 Å². The van der Waals surface area contributed by atoms with Crippen LogP contribution in [0.25, 0.3) is 22.0 Å². The average molecular weight is 388 g/mol. The number of aromatic amines is 1. The number of H-pyrrole nitrogens is 1. The Balaban J connectivity index is 2.10. The minimum absolute atomic E-state index is 0.0327. The number of fused-ring (bicyclic) bond motifs is 1. The second-order valence-corrected chi connectivity index (χ2v) is 5.86. The van der Waals surface area contributed by atoms with Crippen molar-refractivity contribution in [2.45, 2.75) is 0 Å². The molecule has 0 saturated carbocycles. The molecule has 0 atom stereocenters. The molecule has 2 aromatic carbocycles. The van der Waals surface area contributed by atoms with E-state index in [0.29, 0.717) is 5.56 Å². The van der Waals surface area contributed by atoms with Crippen molar-refractivity contribution in [1.29, 1.82) is 0 Å². The maximum atomic E-state index is 12.2. The van der Waals surface area contributed by atoms with E-state index in [1.54, 1.807) is 0 Å². The van der Waals surface area contributed by atoms with Gasteiger partial charge in [0.2, 0.25) is 0 Å². The summed E-state index contributed by atoms with van der Waals surface area (Å²) in [6, 6.07) is 7.52. The number of phenolic OH excluding ortho intramolecular Hbond substituents is 1. The lowest BCUT2D eigenvalue weighted by Crippen LogP contribution is -2.11. The van der Waals surface area contributed by atoms with Gasteiger partial charge in [-0.2, -0.15) is 0 Å². The average Bonchev–Trinajstić information content (AvgIpc) is 2.62. The first kappa shape index (κ1) is 18.1. The van der Waals surface area contributed by atoms with Crippen LogP contribution >= 0.6 is 11.6 Å². The number of nitrogens with zero attached hydrogens (tertiary/aromatic N) is 2. The number of hydrogen-bond acceptors (Lipinski definition) is 6. The molecular formula is C17H10ClN3O6. The molecule has 3 aromatic rings. The highest BCUT2D eigenvalue weighted by Gasteiger charge is 2.14. The van der Waals surface area contributed by atoms with Gasteiger partial charge in [0.05, 0.1) is 26.4 Å². The molecule has 0 amide bonds. The number of hydrogen-bond donors (Lipinski definition) is 3. The van der Waals surface area contributed by atoms with Gasteiger partial charge in [0, 0.05) is 6.07 Å². The Kier molecular flexibility index (Phi) is 4.61. The summed E-state index contributed by atoms with van der Waals surface area (Å²) >= 11 is 6.17. The molecule has 3 N–H and O–H groups in total. The molecule has 1 aromatic heterocycles. The number of benzene rings is 2. The number of carboxylic acid groups (broad SMARTS) is 1. The largest absolute Gasteiger partial charge is 0.502 e. The molecule has 0 bridgehead atoms. The van der Waals surface area contributed by atoms with Gasteiger partial charge in [-0.15, -0.1) is 0 Å². The van der Waals surface area contributed by atoms with Gasteiger partial charge in [-0.05, 0) is 35.9 Å². The Hall–Kier alpha value is -3.72. The number of aromatic nitrogens is 2. The monoisotopic (exact) mass is 387 g/mol. The fourth-order valence-electron chi connectivity index (χ4n) is 2.38. The minimum atomic E-state index is -1.17. The van der Waals surface area contributed by atoms with E-state index >= 15 is 0 Å². The number of aromatic carboxylic acids is 1. The number of aromatic hydroxyl groups is 1. The van der Waals surface area contributed by atoms with Gasteiger partial charge in [-0.1, -0.05) is 17.7 Å². The van der Waals surface area contributed by atoms with E-state index in [0.717, 1.165) is 12.1 Å². The smallest absolute Gasteiger partial charge is 0.335 e. The third-order valence-electron chi connectivity index (χ3n) is 3.67. The van der Waals surface area contributed by atoms with E-state index in [2.05, 4.69) is 9.97 Å². The summed E-state index contributed by atoms with van der Waals surface area (Å²) in [6.07, 6.45) is 1.32. The summed E-state index contributed by atoms with van der Waals surface area (Å²) in [5.41, 5.74) is -0.626. The van der Waals surface area contributed by atoms with Crippen LogP contribution in [0.4, 0.5) is 5.69 Å². The van der Waals surface area contributed by atoms with Gasteiger partial charge in [0.1, 0.15) is 0 Å². The number of carboxylic acids is 1. The first-order chi connectivity index (χ1) is 12.8. The second-order valence-electron chi connectivity index (χ2n) is 5.45. The molecule has 10 heteroatoms. The van der Waals surface area contributed by atoms with E-state index in [9.17, 15) is 24.8 Å². The molecule has 0 saturated heterocycles. The molecule has 0 fully saturated rings. The first-order valence-corrected chi connectivity index (χ1v) is 7.76. The fraction of sp³-hybridized carbons (Fsp3) is 0. The molecule has 0 aliphatic heterocycles. The van der Waals surface area contributed by atoms with Crippen molar-refractivity contribution in [2.24, 2.45) is 0 Å². The molecular weight excluding hydrogens is 378 g/mol. The summed E-state index contributed by atoms with van der Waals surface area (Å²) in [5.74, 6) is -1.70. The number of phenols is 1. The van der Waals surface area contributed by atoms with Gasteiger partial charge in [-0.3, -0.25) is 14.9 Å². The van der Waals surface area contributed by atoms with E-state index in [4.69, 9.17) is 16.7 Å². The Morgan fingerprint density at radius 1 is 1.26 bits per heavy atom. The lowest BCUT2D eigenvalue weighted by Gasteiger charge is -2.04. The summed E-state index contributed by atoms with van der Waals surface area (Å²) < 4.78 is 0. The molecule has 0 aliphatic carbocycles. The molecule has 0 aliphatic rings. The summed E-state index contributed by atoms with van der Waals surface area (Å²) in [4.78, 5) is 40.0. The van der Waals surface area contributed by atoms with Crippen molar-refractivity contribution in [3.63, 3.8) is 0 Å². The number of carbonyl (C=O) groups is 1. The number of nitro benzene ring substituents is 1. The predicted molar refractivity (Wildman–Crippen MR) is 97.8 cm³/mol. The van der Waals surface area contributed by atoms with Crippen LogP contribution in [-0.2, 0) is 0 Å². The summed E-state index contributed by atoms with van der Waals surface area (Å²) in [5, 5.41) is 29.6. The number of halogens is 1. The summed E-state index contributed by atoms with van der Waals surface area (Å²) in [7, 11) is 0. The molecule has 3 rings (SSSR count). The number of nitro groups is 1. The van der Waals surface area contributed by atoms with Gasteiger partial charge < -0.3 is 15.2 Å². The van der Waals surface area contributed by atoms with E-state index in [1.165, 1.54) is 30.3 Å². The lowest BCUT2D eigenvalue weighted by molar-refractivity contribution is -0.385. The minimum Gasteiger partial charge on any atom is -0.502 e. The van der Waals surface area contributed by atoms with Crippen molar-refractivity contribution in [3.8, 4) is 5.75 Å². The third-order valence-corrected chi connectivity index (χ3v) is 3.96. The van der Waals surface area contributed by atoms with Crippen LogP contribution in [-0.4, -0.2) is 31.1 Å². The fourth-order valence-corrected chi connectivity index (χ4v) is 2.59. The van der Waals surface area contributed by atoms with Crippen LogP contribution < -0.4 is 5.56 Å². The zero-order valence-corrected chi connectivity index (χ0v) is 14.1. The van der Waals surface area contributed by atoms with Gasteiger partial charge in [-0.25, -0.2) is 9.78 Å². The normalized spacial score (nSPS) is 11.5. The third kappa shape index (κ3) is 3.62. The Bertz CT molecular complexity index is 1180. The Morgan fingerprint density at radius 3 is 2.67 bits per heavy atom. The van der Waals surface area contributed by atoms with E-state index in [1.807, 2.05) is 0 Å². The molecule has 0 spiro atoms. The van der Waals surface area contributed by atoms with Crippen molar-refractivity contribution in [2.75, 3.05) is 0 Å². The lowest BCUT2D eigenvalue weighted by atomic mass is 10.1. The second kappa shape index (κ2) is 6.89. The topological polar surface area (TPSA) is 146 Å². The molecule has 27 heavy (non-hydrogen) atoms. The van der Waals surface area contributed by atoms with Gasteiger partial charge >= 0.3 is 11.7 Å². The van der Waals surface area contributed by atoms with Crippen LogP contribution in [0.3, 0.4) is 0 Å². The zero-order chi connectivity index (χ0) is 19.7. The van der Waals surface area contributed by atoms with Crippen molar-refractivity contribution < 1.29 is 19.9 Å². The molecule has 1 heterocycles. The standard InChI is InChI=1S/C17H10ClN3O6/c18-11(5-8-1-4-14(22)13(6-8)21(26)27)15-19-12-7-9(17(24)25)2-3-10(12)16(23)20-15/h1-7,22H,(H,24,25)(H,19,20,23)/b11-5-. The molecule has 0 unspecified atom stereocenters. The SMILES string of the molecule is O=C(O)c1ccc2c(=O)[nH]c(/C(Cl)=C/c3ccc(O)c([N+](=O)[O-])c3)nc2c1. The highest BCUT2D eigenvalue weighted by atomic mass is 35.5. The highest BCUT2D eigenvalue weighted by Crippen LogP contribution is 2.28. The zero-order valence-electron chi connectivity index (χ0n) is 13.3. The molecule has 136 valence electrons. The van der Waals surface area contributed by atoms with E-state index in [-0.39, 0.29) is 27.3 Å². The van der Waals surface area contributed by atoms with Crippen LogP contribution in [0.5, 0.6) is 5.75 Å². The number of nitrogens with one attached hydrogen (secondary N) is 1. The highest BCUT2D eigenvalue weighted by molar-refractivity contribution is 6.50.